The van der Waals surface area contributed by atoms with E-state index in [0.29, 0.717) is 0 Å². The van der Waals surface area contributed by atoms with E-state index in [2.05, 4.69) is 4.98 Å². The predicted octanol–water partition coefficient (Wildman–Crippen LogP) is 3.70. The average molecular weight is 253 g/mol. The van der Waals surface area contributed by atoms with Crippen molar-refractivity contribution in [1.82, 2.24) is 4.98 Å². The maximum absolute atomic E-state index is 12.3. The minimum absolute atomic E-state index is 0.203. The molecule has 1 aliphatic rings. The van der Waals surface area contributed by atoms with Gasteiger partial charge in [-0.3, -0.25) is 4.79 Å². The molecule has 19 heavy (non-hydrogen) atoms. The number of benzene rings is 1. The van der Waals surface area contributed by atoms with Crippen molar-refractivity contribution in [1.29, 1.82) is 0 Å². The van der Waals surface area contributed by atoms with Gasteiger partial charge in [-0.1, -0.05) is 43.2 Å². The average Bonchev–Trinajstić information content (AvgIpc) is 2.41. The van der Waals surface area contributed by atoms with Crippen LogP contribution in [-0.2, 0) is 12.8 Å². The number of H-pyrrole nitrogens is 1. The van der Waals surface area contributed by atoms with Crippen LogP contribution in [-0.4, -0.2) is 4.98 Å². The van der Waals surface area contributed by atoms with Crippen LogP contribution in [0.2, 0.25) is 0 Å². The summed E-state index contributed by atoms with van der Waals surface area (Å²) < 4.78 is 0. The number of pyridine rings is 1. The van der Waals surface area contributed by atoms with Crippen molar-refractivity contribution in [2.24, 2.45) is 0 Å². The number of aryl methyl sites for hydroxylation is 1. The first-order valence-electron chi connectivity index (χ1n) is 7.15. The molecule has 1 aromatic heterocycles. The van der Waals surface area contributed by atoms with E-state index in [-0.39, 0.29) is 5.43 Å². The topological polar surface area (TPSA) is 32.9 Å². The van der Waals surface area contributed by atoms with E-state index in [1.165, 1.54) is 19.3 Å². The molecule has 0 saturated heterocycles. The number of aromatic nitrogens is 1. The molecular weight excluding hydrogens is 234 g/mol. The van der Waals surface area contributed by atoms with Crippen LogP contribution in [0.25, 0.3) is 11.3 Å². The number of hydrogen-bond acceptors (Lipinski definition) is 1. The normalized spacial score (nSPS) is 15.4. The van der Waals surface area contributed by atoms with E-state index in [9.17, 15) is 4.79 Å². The summed E-state index contributed by atoms with van der Waals surface area (Å²) in [5, 5.41) is 0. The third-order valence-corrected chi connectivity index (χ3v) is 3.91. The van der Waals surface area contributed by atoms with Gasteiger partial charge in [-0.25, -0.2) is 0 Å². The number of hydrogen-bond donors (Lipinski definition) is 1. The molecule has 1 N–H and O–H groups in total. The summed E-state index contributed by atoms with van der Waals surface area (Å²) in [5.74, 6) is 0. The van der Waals surface area contributed by atoms with Gasteiger partial charge in [0.1, 0.15) is 0 Å². The molecule has 0 bridgehead atoms. The van der Waals surface area contributed by atoms with E-state index in [1.54, 1.807) is 6.07 Å². The second-order valence-electron chi connectivity index (χ2n) is 5.28. The van der Waals surface area contributed by atoms with E-state index < -0.39 is 0 Å². The number of fused-ring (bicyclic) bond motifs is 1. The van der Waals surface area contributed by atoms with Crippen LogP contribution in [0.5, 0.6) is 0 Å². The first-order valence-corrected chi connectivity index (χ1v) is 7.15. The molecule has 0 saturated carbocycles. The van der Waals surface area contributed by atoms with Crippen LogP contribution in [0.1, 0.15) is 36.9 Å². The Balaban J connectivity index is 2.07. The Kier molecular flexibility index (Phi) is 3.49. The van der Waals surface area contributed by atoms with Crippen molar-refractivity contribution in [2.45, 2.75) is 38.5 Å². The van der Waals surface area contributed by atoms with Gasteiger partial charge in [-0.15, -0.1) is 0 Å². The smallest absolute Gasteiger partial charge is 0.185 e. The quantitative estimate of drug-likeness (QED) is 0.825. The lowest BCUT2D eigenvalue weighted by Crippen LogP contribution is -2.16. The summed E-state index contributed by atoms with van der Waals surface area (Å²) in [4.78, 5) is 15.8. The van der Waals surface area contributed by atoms with Gasteiger partial charge in [-0.05, 0) is 31.2 Å². The van der Waals surface area contributed by atoms with Gasteiger partial charge in [0.15, 0.2) is 5.43 Å². The molecule has 0 atom stereocenters. The van der Waals surface area contributed by atoms with E-state index in [0.717, 1.165) is 41.8 Å². The van der Waals surface area contributed by atoms with Gasteiger partial charge in [-0.2, -0.15) is 0 Å². The SMILES string of the molecule is O=c1cc(-c2ccccc2)[nH]c2c1CCCCCC2. The zero-order valence-electron chi connectivity index (χ0n) is 11.1. The second kappa shape index (κ2) is 5.43. The molecule has 2 nitrogen and oxygen atoms in total. The summed E-state index contributed by atoms with van der Waals surface area (Å²) in [6, 6.07) is 11.8. The standard InChI is InChI=1S/C17H19NO/c19-17-12-16(13-8-4-3-5-9-13)18-15-11-7-2-1-6-10-14(15)17/h3-5,8-9,12H,1-2,6-7,10-11H2,(H,18,19). The van der Waals surface area contributed by atoms with Crippen molar-refractivity contribution in [3.05, 3.63) is 57.9 Å². The van der Waals surface area contributed by atoms with E-state index in [4.69, 9.17) is 0 Å². The molecule has 0 amide bonds. The van der Waals surface area contributed by atoms with E-state index >= 15 is 0 Å². The predicted molar refractivity (Wildman–Crippen MR) is 78.4 cm³/mol. The van der Waals surface area contributed by atoms with Crippen LogP contribution in [0.3, 0.4) is 0 Å². The third-order valence-electron chi connectivity index (χ3n) is 3.91. The first kappa shape index (κ1) is 12.2. The minimum Gasteiger partial charge on any atom is -0.358 e. The molecule has 1 aliphatic carbocycles. The molecule has 0 aliphatic heterocycles. The van der Waals surface area contributed by atoms with Crippen LogP contribution in [0, 0.1) is 0 Å². The highest BCUT2D eigenvalue weighted by Crippen LogP contribution is 2.20. The Morgan fingerprint density at radius 1 is 0.895 bits per heavy atom. The van der Waals surface area contributed by atoms with Gasteiger partial charge in [0.2, 0.25) is 0 Å². The molecule has 0 fully saturated rings. The summed E-state index contributed by atoms with van der Waals surface area (Å²) in [5.41, 5.74) is 4.41. The van der Waals surface area contributed by atoms with Crippen LogP contribution in [0.4, 0.5) is 0 Å². The molecule has 0 unspecified atom stereocenters. The van der Waals surface area contributed by atoms with Crippen LogP contribution < -0.4 is 5.43 Å². The zero-order chi connectivity index (χ0) is 13.1. The van der Waals surface area contributed by atoms with Gasteiger partial charge in [0.25, 0.3) is 0 Å². The number of nitrogens with one attached hydrogen (secondary N) is 1. The Labute approximate surface area is 113 Å². The van der Waals surface area contributed by atoms with Crippen LogP contribution in [0.15, 0.2) is 41.2 Å². The van der Waals surface area contributed by atoms with E-state index in [1.807, 2.05) is 30.3 Å². The molecule has 98 valence electrons. The molecule has 2 heteroatoms. The maximum atomic E-state index is 12.3. The Morgan fingerprint density at radius 3 is 2.42 bits per heavy atom. The summed E-state index contributed by atoms with van der Waals surface area (Å²) >= 11 is 0. The van der Waals surface area contributed by atoms with Crippen molar-refractivity contribution >= 4 is 0 Å². The lowest BCUT2D eigenvalue weighted by Gasteiger charge is -2.14. The fourth-order valence-corrected chi connectivity index (χ4v) is 2.86. The minimum atomic E-state index is 0.203. The molecular formula is C17H19NO. The van der Waals surface area contributed by atoms with Crippen molar-refractivity contribution in [3.8, 4) is 11.3 Å². The highest BCUT2D eigenvalue weighted by Gasteiger charge is 2.12. The molecule has 3 rings (SSSR count). The Hall–Kier alpha value is -1.83. The zero-order valence-corrected chi connectivity index (χ0v) is 11.1. The molecule has 0 radical (unpaired) electrons. The fourth-order valence-electron chi connectivity index (χ4n) is 2.86. The van der Waals surface area contributed by atoms with Gasteiger partial charge in [0, 0.05) is 23.0 Å². The van der Waals surface area contributed by atoms with Crippen LogP contribution >= 0.6 is 0 Å². The van der Waals surface area contributed by atoms with Crippen molar-refractivity contribution in [3.63, 3.8) is 0 Å². The molecule has 2 aromatic rings. The maximum Gasteiger partial charge on any atom is 0.185 e. The third kappa shape index (κ3) is 2.62. The largest absolute Gasteiger partial charge is 0.358 e. The molecule has 1 aromatic carbocycles. The van der Waals surface area contributed by atoms with Gasteiger partial charge < -0.3 is 4.98 Å². The Morgan fingerprint density at radius 2 is 1.63 bits per heavy atom. The highest BCUT2D eigenvalue weighted by atomic mass is 16.1. The fraction of sp³-hybridized carbons (Fsp3) is 0.353. The summed E-state index contributed by atoms with van der Waals surface area (Å²) in [6.07, 6.45) is 6.78. The van der Waals surface area contributed by atoms with Gasteiger partial charge >= 0.3 is 0 Å². The lowest BCUT2D eigenvalue weighted by molar-refractivity contribution is 0.607. The van der Waals surface area contributed by atoms with Crippen molar-refractivity contribution < 1.29 is 0 Å². The van der Waals surface area contributed by atoms with Crippen molar-refractivity contribution in [2.75, 3.05) is 0 Å². The first-order chi connectivity index (χ1) is 9.34. The highest BCUT2D eigenvalue weighted by molar-refractivity contribution is 5.59. The summed E-state index contributed by atoms with van der Waals surface area (Å²) in [6.45, 7) is 0. The molecule has 1 heterocycles. The molecule has 0 spiro atoms. The number of aromatic amines is 1. The second-order valence-corrected chi connectivity index (χ2v) is 5.28. The Bertz CT molecular complexity index is 613. The van der Waals surface area contributed by atoms with Gasteiger partial charge in [0.05, 0.1) is 0 Å². The number of rotatable bonds is 1. The lowest BCUT2D eigenvalue weighted by atomic mass is 9.96. The monoisotopic (exact) mass is 253 g/mol. The summed E-state index contributed by atoms with van der Waals surface area (Å²) in [7, 11) is 0.